The SMILES string of the molecule is C=C[C@@H](N)c1ccc(OC)cc1. The quantitative estimate of drug-likeness (QED) is 0.690. The molecule has 0 saturated heterocycles. The lowest BCUT2D eigenvalue weighted by atomic mass is 10.1. The van der Waals surface area contributed by atoms with Gasteiger partial charge in [-0.15, -0.1) is 6.58 Å². The van der Waals surface area contributed by atoms with Crippen LogP contribution < -0.4 is 10.5 Å². The van der Waals surface area contributed by atoms with Crippen LogP contribution in [-0.4, -0.2) is 7.11 Å². The lowest BCUT2D eigenvalue weighted by Crippen LogP contribution is -2.05. The summed E-state index contributed by atoms with van der Waals surface area (Å²) in [6.07, 6.45) is 1.71. The Morgan fingerprint density at radius 1 is 1.42 bits per heavy atom. The van der Waals surface area contributed by atoms with E-state index in [9.17, 15) is 0 Å². The van der Waals surface area contributed by atoms with Crippen LogP contribution in [0.15, 0.2) is 36.9 Å². The van der Waals surface area contributed by atoms with Gasteiger partial charge in [-0.3, -0.25) is 0 Å². The van der Waals surface area contributed by atoms with E-state index in [-0.39, 0.29) is 6.04 Å². The zero-order valence-electron chi connectivity index (χ0n) is 7.16. The van der Waals surface area contributed by atoms with Crippen molar-refractivity contribution >= 4 is 0 Å². The minimum atomic E-state index is -0.0871. The highest BCUT2D eigenvalue weighted by Gasteiger charge is 1.99. The fourth-order valence-corrected chi connectivity index (χ4v) is 0.962. The molecule has 1 rings (SSSR count). The molecule has 0 amide bonds. The van der Waals surface area contributed by atoms with E-state index in [2.05, 4.69) is 6.58 Å². The van der Waals surface area contributed by atoms with E-state index >= 15 is 0 Å². The first kappa shape index (κ1) is 8.81. The zero-order chi connectivity index (χ0) is 8.97. The number of ether oxygens (including phenoxy) is 1. The Bertz CT molecular complexity index is 253. The molecule has 2 heteroatoms. The van der Waals surface area contributed by atoms with Crippen LogP contribution in [0.2, 0.25) is 0 Å². The normalized spacial score (nSPS) is 12.2. The Kier molecular flexibility index (Phi) is 2.88. The van der Waals surface area contributed by atoms with Gasteiger partial charge >= 0.3 is 0 Å². The molecule has 2 nitrogen and oxygen atoms in total. The molecule has 1 atom stereocenters. The van der Waals surface area contributed by atoms with Crippen molar-refractivity contribution in [2.45, 2.75) is 6.04 Å². The summed E-state index contributed by atoms with van der Waals surface area (Å²) in [7, 11) is 1.64. The Morgan fingerprint density at radius 2 is 2.00 bits per heavy atom. The highest BCUT2D eigenvalue weighted by molar-refractivity contribution is 5.30. The van der Waals surface area contributed by atoms with Crippen molar-refractivity contribution in [1.82, 2.24) is 0 Å². The Labute approximate surface area is 72.7 Å². The Balaban J connectivity index is 2.84. The van der Waals surface area contributed by atoms with Gasteiger partial charge in [-0.2, -0.15) is 0 Å². The fraction of sp³-hybridized carbons (Fsp3) is 0.200. The summed E-state index contributed by atoms with van der Waals surface area (Å²) in [5.74, 6) is 0.843. The first-order valence-corrected chi connectivity index (χ1v) is 3.80. The minimum absolute atomic E-state index is 0.0871. The molecule has 0 spiro atoms. The van der Waals surface area contributed by atoms with E-state index in [0.717, 1.165) is 11.3 Å². The summed E-state index contributed by atoms with van der Waals surface area (Å²) in [6, 6.07) is 7.56. The maximum Gasteiger partial charge on any atom is 0.118 e. The molecule has 0 aliphatic carbocycles. The van der Waals surface area contributed by atoms with Gasteiger partial charge in [0.1, 0.15) is 5.75 Å². The molecule has 0 aliphatic rings. The molecular formula is C10H13NO. The van der Waals surface area contributed by atoms with Gasteiger partial charge in [0, 0.05) is 6.04 Å². The van der Waals surface area contributed by atoms with Crippen LogP contribution in [-0.2, 0) is 0 Å². The van der Waals surface area contributed by atoms with Crippen molar-refractivity contribution in [1.29, 1.82) is 0 Å². The molecule has 0 fully saturated rings. The predicted molar refractivity (Wildman–Crippen MR) is 50.1 cm³/mol. The molecule has 0 bridgehead atoms. The van der Waals surface area contributed by atoms with Crippen LogP contribution in [0.3, 0.4) is 0 Å². The number of hydrogen-bond acceptors (Lipinski definition) is 2. The highest BCUT2D eigenvalue weighted by atomic mass is 16.5. The molecule has 0 saturated carbocycles. The highest BCUT2D eigenvalue weighted by Crippen LogP contribution is 2.15. The second kappa shape index (κ2) is 3.93. The van der Waals surface area contributed by atoms with Crippen molar-refractivity contribution in [2.75, 3.05) is 7.11 Å². The average Bonchev–Trinajstić information content (AvgIpc) is 2.17. The van der Waals surface area contributed by atoms with Crippen molar-refractivity contribution in [3.8, 4) is 5.75 Å². The molecule has 0 unspecified atom stereocenters. The van der Waals surface area contributed by atoms with Crippen LogP contribution >= 0.6 is 0 Å². The molecule has 0 radical (unpaired) electrons. The van der Waals surface area contributed by atoms with Gasteiger partial charge in [-0.05, 0) is 17.7 Å². The van der Waals surface area contributed by atoms with Gasteiger partial charge in [0.15, 0.2) is 0 Å². The maximum atomic E-state index is 5.73. The van der Waals surface area contributed by atoms with Gasteiger partial charge in [0.05, 0.1) is 7.11 Å². The van der Waals surface area contributed by atoms with Gasteiger partial charge in [-0.25, -0.2) is 0 Å². The van der Waals surface area contributed by atoms with E-state index in [1.165, 1.54) is 0 Å². The summed E-state index contributed by atoms with van der Waals surface area (Å²) >= 11 is 0. The summed E-state index contributed by atoms with van der Waals surface area (Å²) < 4.78 is 5.02. The topological polar surface area (TPSA) is 35.2 Å². The molecule has 0 aliphatic heterocycles. The van der Waals surface area contributed by atoms with Gasteiger partial charge in [-0.1, -0.05) is 18.2 Å². The predicted octanol–water partition coefficient (Wildman–Crippen LogP) is 1.88. The first-order chi connectivity index (χ1) is 5.77. The van der Waals surface area contributed by atoms with Crippen molar-refractivity contribution in [2.24, 2.45) is 5.73 Å². The lowest BCUT2D eigenvalue weighted by molar-refractivity contribution is 0.414. The van der Waals surface area contributed by atoms with E-state index in [0.29, 0.717) is 0 Å². The van der Waals surface area contributed by atoms with Crippen molar-refractivity contribution in [3.63, 3.8) is 0 Å². The third kappa shape index (κ3) is 1.86. The standard InChI is InChI=1S/C10H13NO/c1-3-10(11)8-4-6-9(12-2)7-5-8/h3-7,10H,1,11H2,2H3/t10-/m1/s1. The second-order valence-corrected chi connectivity index (χ2v) is 2.53. The largest absolute Gasteiger partial charge is 0.497 e. The average molecular weight is 163 g/mol. The van der Waals surface area contributed by atoms with Crippen LogP contribution in [0.4, 0.5) is 0 Å². The lowest BCUT2D eigenvalue weighted by Gasteiger charge is -2.06. The molecular weight excluding hydrogens is 150 g/mol. The summed E-state index contributed by atoms with van der Waals surface area (Å²) in [5, 5.41) is 0. The van der Waals surface area contributed by atoms with Crippen LogP contribution in [0, 0.1) is 0 Å². The summed E-state index contributed by atoms with van der Waals surface area (Å²) in [6.45, 7) is 3.62. The van der Waals surface area contributed by atoms with Crippen LogP contribution in [0.5, 0.6) is 5.75 Å². The number of methoxy groups -OCH3 is 1. The number of rotatable bonds is 3. The van der Waals surface area contributed by atoms with E-state index in [1.807, 2.05) is 24.3 Å². The van der Waals surface area contributed by atoms with Crippen LogP contribution in [0.25, 0.3) is 0 Å². The number of nitrogens with two attached hydrogens (primary N) is 1. The molecule has 1 aromatic rings. The van der Waals surface area contributed by atoms with Crippen LogP contribution in [0.1, 0.15) is 11.6 Å². The molecule has 1 aromatic carbocycles. The Hall–Kier alpha value is -1.28. The van der Waals surface area contributed by atoms with Gasteiger partial charge < -0.3 is 10.5 Å². The zero-order valence-corrected chi connectivity index (χ0v) is 7.16. The monoisotopic (exact) mass is 163 g/mol. The number of benzene rings is 1. The van der Waals surface area contributed by atoms with Crippen molar-refractivity contribution in [3.05, 3.63) is 42.5 Å². The molecule has 64 valence electrons. The van der Waals surface area contributed by atoms with E-state index in [1.54, 1.807) is 13.2 Å². The Morgan fingerprint density at radius 3 is 2.42 bits per heavy atom. The molecule has 2 N–H and O–H groups in total. The molecule has 0 aromatic heterocycles. The van der Waals surface area contributed by atoms with Gasteiger partial charge in [0.25, 0.3) is 0 Å². The number of hydrogen-bond donors (Lipinski definition) is 1. The minimum Gasteiger partial charge on any atom is -0.497 e. The summed E-state index contributed by atoms with van der Waals surface area (Å²) in [4.78, 5) is 0. The molecule has 0 heterocycles. The third-order valence-electron chi connectivity index (χ3n) is 1.75. The molecule has 12 heavy (non-hydrogen) atoms. The maximum absolute atomic E-state index is 5.73. The van der Waals surface area contributed by atoms with Gasteiger partial charge in [0.2, 0.25) is 0 Å². The third-order valence-corrected chi connectivity index (χ3v) is 1.75. The second-order valence-electron chi connectivity index (χ2n) is 2.53. The van der Waals surface area contributed by atoms with Crippen molar-refractivity contribution < 1.29 is 4.74 Å². The smallest absolute Gasteiger partial charge is 0.118 e. The van der Waals surface area contributed by atoms with E-state index < -0.39 is 0 Å². The fourth-order valence-electron chi connectivity index (χ4n) is 0.962. The summed E-state index contributed by atoms with van der Waals surface area (Å²) in [5.41, 5.74) is 6.77. The first-order valence-electron chi connectivity index (χ1n) is 3.80. The van der Waals surface area contributed by atoms with E-state index in [4.69, 9.17) is 10.5 Å².